The standard InChI is InChI=1S/C23H17F4N3O2/c24-15-10-14(22(28)31)20-19(12-6-5-11(23(25,26)27)9-17(12)30-20)18(15)13-3-1-4-16-21(13)32-8-2-7-29-16/h1,3-6,9-10,29-30H,2,7-8H2,(H2,28,31). The number of H-pyrrole nitrogens is 1. The number of benzene rings is 3. The van der Waals surface area contributed by atoms with Gasteiger partial charge in [0.2, 0.25) is 0 Å². The fraction of sp³-hybridized carbons (Fsp3) is 0.174. The monoisotopic (exact) mass is 443 g/mol. The molecule has 0 bridgehead atoms. The van der Waals surface area contributed by atoms with E-state index < -0.39 is 23.5 Å². The first kappa shape index (κ1) is 20.2. The van der Waals surface area contributed by atoms with E-state index in [-0.39, 0.29) is 27.5 Å². The number of carbonyl (C=O) groups is 1. The fourth-order valence-electron chi connectivity index (χ4n) is 4.18. The number of aromatic amines is 1. The molecule has 0 atom stereocenters. The first-order valence-corrected chi connectivity index (χ1v) is 9.90. The minimum atomic E-state index is -4.55. The van der Waals surface area contributed by atoms with Gasteiger partial charge >= 0.3 is 6.18 Å². The smallest absolute Gasteiger partial charge is 0.416 e. The highest BCUT2D eigenvalue weighted by molar-refractivity contribution is 6.20. The summed E-state index contributed by atoms with van der Waals surface area (Å²) in [6, 6.07) is 9.36. The van der Waals surface area contributed by atoms with Gasteiger partial charge in [-0.1, -0.05) is 18.2 Å². The van der Waals surface area contributed by atoms with Gasteiger partial charge in [-0.05, 0) is 30.7 Å². The molecule has 1 aromatic heterocycles. The van der Waals surface area contributed by atoms with Crippen LogP contribution < -0.4 is 15.8 Å². The number of fused-ring (bicyclic) bond motifs is 4. The average Bonchev–Trinajstić information content (AvgIpc) is 2.94. The molecule has 164 valence electrons. The van der Waals surface area contributed by atoms with Gasteiger partial charge in [-0.25, -0.2) is 4.39 Å². The van der Waals surface area contributed by atoms with Gasteiger partial charge in [-0.3, -0.25) is 4.79 Å². The van der Waals surface area contributed by atoms with Crippen LogP contribution in [-0.2, 0) is 6.18 Å². The van der Waals surface area contributed by atoms with Gasteiger partial charge in [-0.2, -0.15) is 13.2 Å². The average molecular weight is 443 g/mol. The molecule has 4 aromatic rings. The highest BCUT2D eigenvalue weighted by Gasteiger charge is 2.31. The molecule has 0 saturated heterocycles. The van der Waals surface area contributed by atoms with E-state index in [2.05, 4.69) is 10.3 Å². The first-order valence-electron chi connectivity index (χ1n) is 9.90. The summed E-state index contributed by atoms with van der Waals surface area (Å²) in [4.78, 5) is 14.9. The summed E-state index contributed by atoms with van der Waals surface area (Å²) in [7, 11) is 0. The van der Waals surface area contributed by atoms with E-state index in [1.807, 2.05) is 6.07 Å². The lowest BCUT2D eigenvalue weighted by Gasteiger charge is -2.16. The van der Waals surface area contributed by atoms with Crippen molar-refractivity contribution in [1.82, 2.24) is 4.98 Å². The second kappa shape index (κ2) is 7.15. The Morgan fingerprint density at radius 3 is 2.69 bits per heavy atom. The summed E-state index contributed by atoms with van der Waals surface area (Å²) >= 11 is 0. The molecule has 0 radical (unpaired) electrons. The molecule has 0 spiro atoms. The molecule has 1 aliphatic rings. The molecule has 1 aliphatic heterocycles. The van der Waals surface area contributed by atoms with Crippen LogP contribution in [0.25, 0.3) is 32.9 Å². The van der Waals surface area contributed by atoms with Crippen molar-refractivity contribution in [1.29, 1.82) is 0 Å². The second-order valence-electron chi connectivity index (χ2n) is 7.59. The quantitative estimate of drug-likeness (QED) is 0.361. The van der Waals surface area contributed by atoms with E-state index in [0.29, 0.717) is 35.5 Å². The first-order chi connectivity index (χ1) is 15.3. The molecule has 5 rings (SSSR count). The van der Waals surface area contributed by atoms with E-state index in [1.54, 1.807) is 12.1 Å². The number of halogens is 4. The van der Waals surface area contributed by atoms with Gasteiger partial charge in [0.1, 0.15) is 11.6 Å². The maximum absolute atomic E-state index is 15.5. The summed E-state index contributed by atoms with van der Waals surface area (Å²) in [5.41, 5.74) is 5.96. The molecular formula is C23H17F4N3O2. The zero-order valence-corrected chi connectivity index (χ0v) is 16.6. The lowest BCUT2D eigenvalue weighted by atomic mass is 9.94. The minimum Gasteiger partial charge on any atom is -0.491 e. The Labute approximate surface area is 179 Å². The molecule has 0 aliphatic carbocycles. The van der Waals surface area contributed by atoms with Gasteiger partial charge in [0.15, 0.2) is 0 Å². The fourth-order valence-corrected chi connectivity index (χ4v) is 4.18. The molecule has 0 fully saturated rings. The van der Waals surface area contributed by atoms with Crippen molar-refractivity contribution >= 4 is 33.4 Å². The van der Waals surface area contributed by atoms with E-state index in [4.69, 9.17) is 10.5 Å². The van der Waals surface area contributed by atoms with Gasteiger partial charge in [0.05, 0.1) is 28.9 Å². The van der Waals surface area contributed by atoms with Crippen molar-refractivity contribution in [3.05, 3.63) is 59.4 Å². The Balaban J connectivity index is 1.89. The highest BCUT2D eigenvalue weighted by atomic mass is 19.4. The number of nitrogens with two attached hydrogens (primary N) is 1. The third kappa shape index (κ3) is 3.12. The lowest BCUT2D eigenvalue weighted by molar-refractivity contribution is -0.137. The Morgan fingerprint density at radius 1 is 1.12 bits per heavy atom. The number of para-hydroxylation sites is 1. The largest absolute Gasteiger partial charge is 0.491 e. The summed E-state index contributed by atoms with van der Waals surface area (Å²) in [6.07, 6.45) is -3.80. The van der Waals surface area contributed by atoms with E-state index in [0.717, 1.165) is 24.6 Å². The second-order valence-corrected chi connectivity index (χ2v) is 7.59. The lowest BCUT2D eigenvalue weighted by Crippen LogP contribution is -2.12. The Morgan fingerprint density at radius 2 is 1.94 bits per heavy atom. The number of ether oxygens (including phenoxy) is 1. The normalized spacial score (nSPS) is 14.0. The number of anilines is 1. The highest BCUT2D eigenvalue weighted by Crippen LogP contribution is 2.45. The van der Waals surface area contributed by atoms with Gasteiger partial charge < -0.3 is 20.8 Å². The van der Waals surface area contributed by atoms with Crippen LogP contribution in [0.2, 0.25) is 0 Å². The Kier molecular flexibility index (Phi) is 4.51. The topological polar surface area (TPSA) is 80.1 Å². The molecule has 5 nitrogen and oxygen atoms in total. The van der Waals surface area contributed by atoms with Gasteiger partial charge in [0, 0.05) is 34.0 Å². The minimum absolute atomic E-state index is 0.116. The number of amides is 1. The molecular weight excluding hydrogens is 426 g/mol. The van der Waals surface area contributed by atoms with Gasteiger partial charge in [0.25, 0.3) is 5.91 Å². The summed E-state index contributed by atoms with van der Waals surface area (Å²) in [6.45, 7) is 1.10. The van der Waals surface area contributed by atoms with Crippen molar-refractivity contribution in [2.75, 3.05) is 18.5 Å². The van der Waals surface area contributed by atoms with Crippen LogP contribution in [0.4, 0.5) is 23.2 Å². The zero-order chi connectivity index (χ0) is 22.6. The molecule has 4 N–H and O–H groups in total. The van der Waals surface area contributed by atoms with Crippen molar-refractivity contribution < 1.29 is 27.1 Å². The van der Waals surface area contributed by atoms with E-state index in [1.165, 1.54) is 6.07 Å². The van der Waals surface area contributed by atoms with E-state index in [9.17, 15) is 18.0 Å². The number of nitrogens with one attached hydrogen (secondary N) is 2. The SMILES string of the molecule is NC(=O)c1cc(F)c(-c2cccc3c2OCCCN3)c2c1[nH]c1cc(C(F)(F)F)ccc12. The van der Waals surface area contributed by atoms with E-state index >= 15 is 4.39 Å². The third-order valence-corrected chi connectivity index (χ3v) is 5.59. The molecule has 32 heavy (non-hydrogen) atoms. The van der Waals surface area contributed by atoms with Crippen molar-refractivity contribution in [2.24, 2.45) is 5.73 Å². The Bertz CT molecular complexity index is 1390. The zero-order valence-electron chi connectivity index (χ0n) is 16.6. The molecule has 1 amide bonds. The molecule has 0 saturated carbocycles. The van der Waals surface area contributed by atoms with Crippen molar-refractivity contribution in [3.8, 4) is 16.9 Å². The van der Waals surface area contributed by atoms with Crippen molar-refractivity contribution in [3.63, 3.8) is 0 Å². The third-order valence-electron chi connectivity index (χ3n) is 5.59. The number of hydrogen-bond acceptors (Lipinski definition) is 3. The number of aromatic nitrogens is 1. The van der Waals surface area contributed by atoms with Crippen LogP contribution in [0.5, 0.6) is 5.75 Å². The maximum Gasteiger partial charge on any atom is 0.416 e. The van der Waals surface area contributed by atoms with Crippen LogP contribution in [0.3, 0.4) is 0 Å². The summed E-state index contributed by atoms with van der Waals surface area (Å²) in [5, 5.41) is 3.84. The number of alkyl halides is 3. The summed E-state index contributed by atoms with van der Waals surface area (Å²) in [5.74, 6) is -1.18. The number of rotatable bonds is 2. The predicted molar refractivity (Wildman–Crippen MR) is 113 cm³/mol. The van der Waals surface area contributed by atoms with Crippen LogP contribution >= 0.6 is 0 Å². The molecule has 9 heteroatoms. The van der Waals surface area contributed by atoms with Crippen LogP contribution in [0.15, 0.2) is 42.5 Å². The van der Waals surface area contributed by atoms with Crippen LogP contribution in [-0.4, -0.2) is 24.0 Å². The van der Waals surface area contributed by atoms with Crippen LogP contribution in [0, 0.1) is 5.82 Å². The van der Waals surface area contributed by atoms with Crippen molar-refractivity contribution in [2.45, 2.75) is 12.6 Å². The summed E-state index contributed by atoms with van der Waals surface area (Å²) < 4.78 is 61.1. The maximum atomic E-state index is 15.5. The Hall–Kier alpha value is -3.75. The molecule has 0 unspecified atom stereocenters. The number of carbonyl (C=O) groups excluding carboxylic acids is 1. The predicted octanol–water partition coefficient (Wildman–Crippen LogP) is 5.44. The van der Waals surface area contributed by atoms with Crippen LogP contribution in [0.1, 0.15) is 22.3 Å². The van der Waals surface area contributed by atoms with Gasteiger partial charge in [-0.15, -0.1) is 0 Å². The number of primary amides is 1. The molecule has 2 heterocycles. The number of hydrogen-bond donors (Lipinski definition) is 3. The molecule has 3 aromatic carbocycles.